The molecule has 0 aromatic rings. The second kappa shape index (κ2) is 7.87. The van der Waals surface area contributed by atoms with Crippen LogP contribution in [0.2, 0.25) is 0 Å². The minimum atomic E-state index is -0.742. The average molecular weight is 258 g/mol. The molecule has 0 aliphatic carbocycles. The Kier molecular flexibility index (Phi) is 7.27. The maximum absolute atomic E-state index is 11.4. The Balaban J connectivity index is 4.11. The highest BCUT2D eigenvalue weighted by atomic mass is 17.2. The number of hydrogen-bond donors (Lipinski definition) is 0. The van der Waals surface area contributed by atoms with Crippen LogP contribution in [0.5, 0.6) is 0 Å². The summed E-state index contributed by atoms with van der Waals surface area (Å²) in [6.45, 7) is 9.09. The summed E-state index contributed by atoms with van der Waals surface area (Å²) >= 11 is 0. The Hall–Kier alpha value is -1.36. The average Bonchev–Trinajstić information content (AvgIpc) is 2.22. The lowest BCUT2D eigenvalue weighted by Gasteiger charge is -2.23. The van der Waals surface area contributed by atoms with E-state index < -0.39 is 17.5 Å². The first kappa shape index (κ1) is 16.6. The van der Waals surface area contributed by atoms with E-state index in [9.17, 15) is 9.59 Å². The van der Waals surface area contributed by atoms with E-state index in [1.807, 2.05) is 20.8 Å². The molecule has 0 spiro atoms. The molecular formula is C13H22O5. The maximum atomic E-state index is 11.4. The Morgan fingerprint density at radius 2 is 1.72 bits per heavy atom. The van der Waals surface area contributed by atoms with Crippen molar-refractivity contribution in [3.05, 3.63) is 12.2 Å². The van der Waals surface area contributed by atoms with Crippen LogP contribution in [0, 0.1) is 0 Å². The monoisotopic (exact) mass is 258 g/mol. The van der Waals surface area contributed by atoms with Gasteiger partial charge >= 0.3 is 11.9 Å². The molecule has 0 aliphatic rings. The zero-order valence-electron chi connectivity index (χ0n) is 11.7. The van der Waals surface area contributed by atoms with Crippen molar-refractivity contribution in [3.8, 4) is 0 Å². The molecule has 5 nitrogen and oxygen atoms in total. The van der Waals surface area contributed by atoms with Gasteiger partial charge in [-0.15, -0.1) is 0 Å². The zero-order valence-corrected chi connectivity index (χ0v) is 11.7. The van der Waals surface area contributed by atoms with E-state index in [2.05, 4.69) is 9.78 Å². The third kappa shape index (κ3) is 8.75. The highest BCUT2D eigenvalue weighted by molar-refractivity contribution is 5.91. The van der Waals surface area contributed by atoms with E-state index in [0.29, 0.717) is 0 Å². The van der Waals surface area contributed by atoms with Gasteiger partial charge in [0, 0.05) is 12.2 Å². The molecule has 0 saturated heterocycles. The van der Waals surface area contributed by atoms with Crippen LogP contribution in [-0.2, 0) is 24.1 Å². The second-order valence-corrected chi connectivity index (χ2v) is 4.81. The van der Waals surface area contributed by atoms with Crippen molar-refractivity contribution in [3.63, 3.8) is 0 Å². The Morgan fingerprint density at radius 1 is 1.17 bits per heavy atom. The van der Waals surface area contributed by atoms with Gasteiger partial charge in [0.15, 0.2) is 0 Å². The number of hydrogen-bond acceptors (Lipinski definition) is 5. The van der Waals surface area contributed by atoms with Crippen LogP contribution in [-0.4, -0.2) is 23.6 Å². The largest absolute Gasteiger partial charge is 0.457 e. The predicted molar refractivity (Wildman–Crippen MR) is 66.5 cm³/mol. The third-order valence-electron chi connectivity index (χ3n) is 1.91. The fourth-order valence-corrected chi connectivity index (χ4v) is 1.27. The van der Waals surface area contributed by atoms with Crippen molar-refractivity contribution >= 4 is 11.9 Å². The number of carbonyl (C=O) groups excluding carboxylic acids is 2. The van der Waals surface area contributed by atoms with Crippen molar-refractivity contribution in [2.24, 2.45) is 0 Å². The SMILES string of the molecule is CCCC(C)(C)OC(=O)/C=C/C(=O)OOC(C)C. The van der Waals surface area contributed by atoms with E-state index in [1.54, 1.807) is 13.8 Å². The molecule has 0 aliphatic heterocycles. The van der Waals surface area contributed by atoms with Crippen LogP contribution in [0.4, 0.5) is 0 Å². The van der Waals surface area contributed by atoms with Crippen LogP contribution in [0.1, 0.15) is 47.5 Å². The molecule has 0 bridgehead atoms. The van der Waals surface area contributed by atoms with Crippen molar-refractivity contribution < 1.29 is 24.1 Å². The van der Waals surface area contributed by atoms with E-state index in [0.717, 1.165) is 25.0 Å². The van der Waals surface area contributed by atoms with Gasteiger partial charge in [-0.25, -0.2) is 9.59 Å². The van der Waals surface area contributed by atoms with Gasteiger partial charge in [0.25, 0.3) is 0 Å². The number of carbonyl (C=O) groups is 2. The van der Waals surface area contributed by atoms with Crippen LogP contribution >= 0.6 is 0 Å². The fourth-order valence-electron chi connectivity index (χ4n) is 1.27. The molecule has 0 radical (unpaired) electrons. The van der Waals surface area contributed by atoms with Gasteiger partial charge in [-0.3, -0.25) is 4.89 Å². The highest BCUT2D eigenvalue weighted by Crippen LogP contribution is 2.16. The van der Waals surface area contributed by atoms with Crippen molar-refractivity contribution in [1.29, 1.82) is 0 Å². The summed E-state index contributed by atoms with van der Waals surface area (Å²) in [6.07, 6.45) is 3.45. The lowest BCUT2D eigenvalue weighted by molar-refractivity contribution is -0.286. The van der Waals surface area contributed by atoms with Gasteiger partial charge in [0.2, 0.25) is 0 Å². The first-order chi connectivity index (χ1) is 8.26. The van der Waals surface area contributed by atoms with Gasteiger partial charge in [0.05, 0.1) is 6.10 Å². The van der Waals surface area contributed by atoms with Gasteiger partial charge in [-0.1, -0.05) is 13.3 Å². The molecule has 0 heterocycles. The van der Waals surface area contributed by atoms with E-state index >= 15 is 0 Å². The molecule has 0 amide bonds. The van der Waals surface area contributed by atoms with E-state index in [-0.39, 0.29) is 6.10 Å². The van der Waals surface area contributed by atoms with Crippen LogP contribution < -0.4 is 0 Å². The highest BCUT2D eigenvalue weighted by Gasteiger charge is 2.20. The summed E-state index contributed by atoms with van der Waals surface area (Å²) < 4.78 is 5.18. The van der Waals surface area contributed by atoms with Gasteiger partial charge in [0.1, 0.15) is 5.60 Å². The quantitative estimate of drug-likeness (QED) is 0.304. The first-order valence-electron chi connectivity index (χ1n) is 6.05. The minimum absolute atomic E-state index is 0.224. The summed E-state index contributed by atoms with van der Waals surface area (Å²) in [4.78, 5) is 31.5. The molecule has 0 N–H and O–H groups in total. The van der Waals surface area contributed by atoms with Crippen LogP contribution in [0.25, 0.3) is 0 Å². The molecule has 0 rings (SSSR count). The Bertz CT molecular complexity index is 305. The Labute approximate surface area is 108 Å². The lowest BCUT2D eigenvalue weighted by Crippen LogP contribution is -2.27. The lowest BCUT2D eigenvalue weighted by atomic mass is 10.0. The smallest absolute Gasteiger partial charge is 0.366 e. The van der Waals surface area contributed by atoms with Crippen molar-refractivity contribution in [2.45, 2.75) is 59.2 Å². The molecule has 0 unspecified atom stereocenters. The number of rotatable bonds is 7. The van der Waals surface area contributed by atoms with Crippen LogP contribution in [0.3, 0.4) is 0 Å². The molecule has 104 valence electrons. The standard InChI is InChI=1S/C13H22O5/c1-6-9-13(4,5)16-11(14)7-8-12(15)18-17-10(2)3/h7-8,10H,6,9H2,1-5H3/b8-7+. The summed E-state index contributed by atoms with van der Waals surface area (Å²) in [6, 6.07) is 0. The van der Waals surface area contributed by atoms with Gasteiger partial charge in [-0.2, -0.15) is 4.89 Å². The maximum Gasteiger partial charge on any atom is 0.366 e. The number of esters is 1. The molecule has 0 aromatic heterocycles. The van der Waals surface area contributed by atoms with E-state index in [4.69, 9.17) is 4.74 Å². The Morgan fingerprint density at radius 3 is 2.22 bits per heavy atom. The van der Waals surface area contributed by atoms with Gasteiger partial charge < -0.3 is 4.74 Å². The minimum Gasteiger partial charge on any atom is -0.457 e. The molecule has 18 heavy (non-hydrogen) atoms. The van der Waals surface area contributed by atoms with Crippen molar-refractivity contribution in [2.75, 3.05) is 0 Å². The van der Waals surface area contributed by atoms with Gasteiger partial charge in [-0.05, 0) is 34.1 Å². The predicted octanol–water partition coefficient (Wildman–Crippen LogP) is 2.55. The first-order valence-corrected chi connectivity index (χ1v) is 6.05. The van der Waals surface area contributed by atoms with Crippen molar-refractivity contribution in [1.82, 2.24) is 0 Å². The molecule has 0 aromatic carbocycles. The summed E-state index contributed by atoms with van der Waals surface area (Å²) in [5.74, 6) is -1.32. The number of ether oxygens (including phenoxy) is 1. The third-order valence-corrected chi connectivity index (χ3v) is 1.91. The van der Waals surface area contributed by atoms with Crippen LogP contribution in [0.15, 0.2) is 12.2 Å². The summed E-state index contributed by atoms with van der Waals surface area (Å²) in [5, 5.41) is 0. The summed E-state index contributed by atoms with van der Waals surface area (Å²) in [7, 11) is 0. The fraction of sp³-hybridized carbons (Fsp3) is 0.692. The molecule has 5 heteroatoms. The topological polar surface area (TPSA) is 61.8 Å². The normalized spacial score (nSPS) is 11.9. The summed E-state index contributed by atoms with van der Waals surface area (Å²) in [5.41, 5.74) is -0.533. The molecule has 0 atom stereocenters. The second-order valence-electron chi connectivity index (χ2n) is 4.81. The van der Waals surface area contributed by atoms with E-state index in [1.165, 1.54) is 0 Å². The molecule has 0 fully saturated rings. The zero-order chi connectivity index (χ0) is 14.2. The molecular weight excluding hydrogens is 236 g/mol. The molecule has 0 saturated carbocycles.